The number of unbranched alkanes of at least 4 members (excludes halogenated alkanes) is 1. The van der Waals surface area contributed by atoms with Crippen LogP contribution in [0.15, 0.2) is 55.1 Å². The van der Waals surface area contributed by atoms with Crippen LogP contribution in [0.4, 0.5) is 17.5 Å². The van der Waals surface area contributed by atoms with Gasteiger partial charge >= 0.3 is 18.9 Å². The normalized spacial score (nSPS) is 14.1. The smallest absolute Gasteiger partial charge is 0.508 e. The summed E-state index contributed by atoms with van der Waals surface area (Å²) in [5.74, 6) is 0.560. The van der Waals surface area contributed by atoms with Crippen molar-refractivity contribution in [3.8, 4) is 11.8 Å². The van der Waals surface area contributed by atoms with Crippen molar-refractivity contribution < 1.29 is 33.6 Å². The van der Waals surface area contributed by atoms with Crippen molar-refractivity contribution in [2.45, 2.75) is 31.7 Å². The molecule has 0 spiro atoms. The molecular formula is C31H36LiN7O3-2. The van der Waals surface area contributed by atoms with Crippen molar-refractivity contribution in [3.05, 3.63) is 74.2 Å². The fraction of sp³-hybridized carbons (Fsp3) is 0.323. The Morgan fingerprint density at radius 1 is 1.36 bits per heavy atom. The third kappa shape index (κ3) is 9.88. The molecule has 1 atom stereocenters. The van der Waals surface area contributed by atoms with Crippen LogP contribution in [0.1, 0.15) is 36.2 Å². The molecule has 3 aromatic rings. The van der Waals surface area contributed by atoms with Crippen LogP contribution in [0.25, 0.3) is 10.8 Å². The number of carbonyl (C=O) groups is 1. The SMILES string of the molecule is C=C[C-]=O.[CH2-]CN(C[CH-]CC#N)c1cc(C(=O)Nc2cc(O)cc3ccccc23)nc(NCCC2CCCN2C)n1.[Li+]. The molecule has 0 bridgehead atoms. The molecule has 1 saturated heterocycles. The number of anilines is 3. The summed E-state index contributed by atoms with van der Waals surface area (Å²) in [6.45, 7) is 9.72. The van der Waals surface area contributed by atoms with E-state index >= 15 is 0 Å². The van der Waals surface area contributed by atoms with Crippen LogP contribution in [0.5, 0.6) is 5.75 Å². The summed E-state index contributed by atoms with van der Waals surface area (Å²) in [5.41, 5.74) is 0.688. The third-order valence-corrected chi connectivity index (χ3v) is 6.73. The number of phenolic OH excluding ortho intramolecular Hbond substituents is 1. The maximum Gasteiger partial charge on any atom is 1.00 e. The molecule has 0 saturated carbocycles. The molecule has 10 nitrogen and oxygen atoms in total. The molecule has 1 aliphatic rings. The summed E-state index contributed by atoms with van der Waals surface area (Å²) >= 11 is 0. The molecule has 4 rings (SSSR count). The number of fused-ring (bicyclic) bond motifs is 1. The van der Waals surface area contributed by atoms with Gasteiger partial charge in [-0.1, -0.05) is 30.7 Å². The summed E-state index contributed by atoms with van der Waals surface area (Å²) in [5, 5.41) is 26.9. The van der Waals surface area contributed by atoms with Crippen molar-refractivity contribution in [2.24, 2.45) is 0 Å². The van der Waals surface area contributed by atoms with Crippen LogP contribution in [-0.4, -0.2) is 71.4 Å². The second-order valence-corrected chi connectivity index (χ2v) is 9.51. The Kier molecular flexibility index (Phi) is 14.6. The Hall–Kier alpha value is -3.89. The van der Waals surface area contributed by atoms with Crippen LogP contribution in [0, 0.1) is 24.7 Å². The molecule has 3 N–H and O–H groups in total. The van der Waals surface area contributed by atoms with E-state index in [2.05, 4.69) is 52.1 Å². The minimum Gasteiger partial charge on any atom is -0.508 e. The molecular weight excluding hydrogens is 525 g/mol. The fourth-order valence-electron chi connectivity index (χ4n) is 4.66. The predicted molar refractivity (Wildman–Crippen MR) is 162 cm³/mol. The average molecular weight is 562 g/mol. The van der Waals surface area contributed by atoms with Gasteiger partial charge in [0.1, 0.15) is 17.3 Å². The number of likely N-dealkylation sites (tertiary alicyclic amines) is 1. The van der Waals surface area contributed by atoms with E-state index < -0.39 is 5.91 Å². The molecule has 1 unspecified atom stereocenters. The fourth-order valence-corrected chi connectivity index (χ4v) is 4.66. The van der Waals surface area contributed by atoms with E-state index in [4.69, 9.17) is 10.1 Å². The number of hydrogen-bond acceptors (Lipinski definition) is 9. The minimum absolute atomic E-state index is 0. The van der Waals surface area contributed by atoms with E-state index in [1.54, 1.807) is 12.1 Å². The Bertz CT molecular complexity index is 1370. The topological polar surface area (TPSA) is 134 Å². The Morgan fingerprint density at radius 2 is 2.12 bits per heavy atom. The van der Waals surface area contributed by atoms with E-state index in [9.17, 15) is 9.90 Å². The zero-order chi connectivity index (χ0) is 29.6. The molecule has 2 aromatic carbocycles. The van der Waals surface area contributed by atoms with Gasteiger partial charge in [0, 0.05) is 36.2 Å². The van der Waals surface area contributed by atoms with Crippen molar-refractivity contribution >= 4 is 40.4 Å². The van der Waals surface area contributed by atoms with Crippen LogP contribution in [-0.2, 0) is 4.79 Å². The minimum atomic E-state index is -0.414. The van der Waals surface area contributed by atoms with E-state index in [0.29, 0.717) is 49.6 Å². The Balaban J connectivity index is 0.00000116. The van der Waals surface area contributed by atoms with Crippen LogP contribution >= 0.6 is 0 Å². The van der Waals surface area contributed by atoms with E-state index in [1.165, 1.54) is 25.2 Å². The van der Waals surface area contributed by atoms with Gasteiger partial charge in [0.2, 0.25) is 5.95 Å². The number of benzene rings is 2. The number of amides is 1. The standard InChI is InChI=1S/C28H33N7O2.C3H3O.Li/c1-3-35(16-7-6-13-29)26-19-25(32-28(33-26)30-14-12-21-10-8-15-34(21)2)27(37)31-24-18-22(36)17-20-9-4-5-11-23(20)24;1-2-3-4;/h4-5,7,9,11,17-19,21,36H,1,3,6,8,10,12,14-16H2,2H3,(H,31,37)(H,30,32,33);2H,1H2;/q-2;-1;+1. The number of rotatable bonds is 12. The quantitative estimate of drug-likeness (QED) is 0.130. The van der Waals surface area contributed by atoms with E-state index in [1.807, 2.05) is 35.6 Å². The maximum absolute atomic E-state index is 13.4. The average Bonchev–Trinajstić information content (AvgIpc) is 3.39. The zero-order valence-corrected chi connectivity index (χ0v) is 24.3. The molecule has 42 heavy (non-hydrogen) atoms. The second-order valence-electron chi connectivity index (χ2n) is 9.51. The monoisotopic (exact) mass is 561 g/mol. The number of nitrogens with one attached hydrogen (secondary N) is 2. The summed E-state index contributed by atoms with van der Waals surface area (Å²) < 4.78 is 0. The van der Waals surface area contributed by atoms with Gasteiger partial charge in [0.15, 0.2) is 0 Å². The molecule has 216 valence electrons. The second kappa shape index (κ2) is 17.8. The van der Waals surface area contributed by atoms with Gasteiger partial charge in [-0.05, 0) is 50.6 Å². The van der Waals surface area contributed by atoms with Gasteiger partial charge in [0.05, 0.1) is 5.69 Å². The first-order valence-corrected chi connectivity index (χ1v) is 13.5. The van der Waals surface area contributed by atoms with Crippen molar-refractivity contribution in [3.63, 3.8) is 0 Å². The molecule has 0 aliphatic carbocycles. The number of allylic oxidation sites excluding steroid dienone is 1. The first-order chi connectivity index (χ1) is 19.9. The molecule has 11 heteroatoms. The van der Waals surface area contributed by atoms with E-state index in [-0.39, 0.29) is 30.3 Å². The number of nitriles is 1. The van der Waals surface area contributed by atoms with Gasteiger partial charge in [-0.3, -0.25) is 11.2 Å². The molecule has 2 heterocycles. The van der Waals surface area contributed by atoms with Crippen LogP contribution in [0.3, 0.4) is 0 Å². The number of phenols is 1. The molecule has 1 aromatic heterocycles. The van der Waals surface area contributed by atoms with Gasteiger partial charge in [-0.15, -0.1) is 13.1 Å². The Morgan fingerprint density at radius 3 is 2.79 bits per heavy atom. The maximum atomic E-state index is 13.4. The number of aromatic hydroxyl groups is 1. The van der Waals surface area contributed by atoms with Gasteiger partial charge in [0.25, 0.3) is 5.91 Å². The zero-order valence-electron chi connectivity index (χ0n) is 24.3. The van der Waals surface area contributed by atoms with Crippen molar-refractivity contribution in [2.75, 3.05) is 48.8 Å². The summed E-state index contributed by atoms with van der Waals surface area (Å²) in [6.07, 6.45) is 8.00. The molecule has 1 aliphatic heterocycles. The largest absolute Gasteiger partial charge is 1.00 e. The third-order valence-electron chi connectivity index (χ3n) is 6.73. The van der Waals surface area contributed by atoms with Crippen LogP contribution < -0.4 is 34.4 Å². The summed E-state index contributed by atoms with van der Waals surface area (Å²) in [6, 6.07) is 15.0. The number of hydrogen-bond donors (Lipinski definition) is 3. The van der Waals surface area contributed by atoms with Gasteiger partial charge in [-0.25, -0.2) is 22.9 Å². The molecule has 1 amide bonds. The first-order valence-electron chi connectivity index (χ1n) is 13.5. The van der Waals surface area contributed by atoms with Crippen molar-refractivity contribution in [1.82, 2.24) is 14.9 Å². The number of aromatic nitrogens is 2. The number of carbonyl (C=O) groups excluding carboxylic acids is 2. The first kappa shape index (κ1) is 34.3. The molecule has 0 radical (unpaired) electrons. The summed E-state index contributed by atoms with van der Waals surface area (Å²) in [7, 11) is 2.15. The predicted octanol–water partition coefficient (Wildman–Crippen LogP) is 1.53. The van der Waals surface area contributed by atoms with E-state index in [0.717, 1.165) is 29.8 Å². The van der Waals surface area contributed by atoms with Gasteiger partial charge < -0.3 is 37.3 Å². The Labute approximate surface area is 260 Å². The van der Waals surface area contributed by atoms with Crippen molar-refractivity contribution in [1.29, 1.82) is 5.26 Å². The van der Waals surface area contributed by atoms with Gasteiger partial charge in [-0.2, -0.15) is 4.98 Å². The van der Waals surface area contributed by atoms with Crippen LogP contribution in [0.2, 0.25) is 0 Å². The molecule has 1 fully saturated rings. The summed E-state index contributed by atoms with van der Waals surface area (Å²) in [4.78, 5) is 35.7. The number of nitrogens with zero attached hydrogens (tertiary/aromatic N) is 5.